The zero-order valence-corrected chi connectivity index (χ0v) is 14.0. The third kappa shape index (κ3) is 3.33. The third-order valence-corrected chi connectivity index (χ3v) is 4.46. The summed E-state index contributed by atoms with van der Waals surface area (Å²) in [6, 6.07) is 8.10. The highest BCUT2D eigenvalue weighted by atomic mass is 32.1. The first kappa shape index (κ1) is 15.7. The average Bonchev–Trinajstić information content (AvgIpc) is 2.73. The van der Waals surface area contributed by atoms with Gasteiger partial charge in [-0.15, -0.1) is 0 Å². The molecule has 0 fully saturated rings. The Morgan fingerprint density at radius 1 is 1.38 bits per heavy atom. The number of nitrogens with one attached hydrogen (secondary N) is 1. The number of hydrogen-bond donors (Lipinski definition) is 2. The Kier molecular flexibility index (Phi) is 4.80. The average molecular weight is 321 g/mol. The van der Waals surface area contributed by atoms with Crippen molar-refractivity contribution >= 4 is 35.3 Å². The molecule has 112 valence electrons. The lowest BCUT2D eigenvalue weighted by molar-refractivity contribution is 0.0948. The maximum atomic E-state index is 12.1. The molecule has 1 aromatic heterocycles. The van der Waals surface area contributed by atoms with Gasteiger partial charge in [0.25, 0.3) is 5.91 Å². The van der Waals surface area contributed by atoms with E-state index in [1.54, 1.807) is 4.57 Å². The Morgan fingerprint density at radius 2 is 2.00 bits per heavy atom. The summed E-state index contributed by atoms with van der Waals surface area (Å²) >= 11 is 6.59. The summed E-state index contributed by atoms with van der Waals surface area (Å²) in [5.74, 6) is 0.218. The number of aromatic nitrogens is 1. The minimum Gasteiger partial charge on any atom is -0.383 e. The van der Waals surface area contributed by atoms with Gasteiger partial charge in [-0.2, -0.15) is 0 Å². The van der Waals surface area contributed by atoms with Crippen molar-refractivity contribution < 1.29 is 4.79 Å². The first-order valence-electron chi connectivity index (χ1n) is 6.85. The molecule has 0 aliphatic heterocycles. The van der Waals surface area contributed by atoms with E-state index in [4.69, 9.17) is 18.0 Å². The predicted molar refractivity (Wildman–Crippen MR) is 90.9 cm³/mol. The predicted octanol–water partition coefficient (Wildman–Crippen LogP) is 3.55. The molecule has 0 radical (unpaired) electrons. The van der Waals surface area contributed by atoms with E-state index in [2.05, 4.69) is 12.2 Å². The summed E-state index contributed by atoms with van der Waals surface area (Å²) < 4.78 is 2.32. The van der Waals surface area contributed by atoms with Crippen LogP contribution in [0.2, 0.25) is 0 Å². The summed E-state index contributed by atoms with van der Waals surface area (Å²) in [5, 5.41) is 2.84. The second-order valence-corrected chi connectivity index (χ2v) is 6.71. The molecule has 6 heteroatoms. The molecule has 3 N–H and O–H groups in total. The molecule has 21 heavy (non-hydrogen) atoms. The monoisotopic (exact) mass is 321 g/mol. The number of rotatable bonds is 4. The maximum absolute atomic E-state index is 12.1. The maximum Gasteiger partial charge on any atom is 0.265 e. The molecule has 0 spiro atoms. The zero-order valence-electron chi connectivity index (χ0n) is 12.3. The van der Waals surface area contributed by atoms with E-state index < -0.39 is 0 Å². The Morgan fingerprint density at radius 3 is 2.52 bits per heavy atom. The molecule has 2 aromatic rings. The molecule has 0 aliphatic carbocycles. The van der Waals surface area contributed by atoms with Gasteiger partial charge in [-0.3, -0.25) is 9.36 Å². The van der Waals surface area contributed by atoms with E-state index >= 15 is 0 Å². The van der Waals surface area contributed by atoms with Crippen LogP contribution >= 0.6 is 23.6 Å². The van der Waals surface area contributed by atoms with Gasteiger partial charge >= 0.3 is 0 Å². The molecule has 0 saturated heterocycles. The third-order valence-electron chi connectivity index (χ3n) is 3.07. The highest BCUT2D eigenvalue weighted by Gasteiger charge is 2.18. The van der Waals surface area contributed by atoms with Crippen molar-refractivity contribution in [1.29, 1.82) is 0 Å². The molecule has 4 nitrogen and oxygen atoms in total. The van der Waals surface area contributed by atoms with E-state index in [-0.39, 0.29) is 11.9 Å². The van der Waals surface area contributed by atoms with Gasteiger partial charge < -0.3 is 11.1 Å². The van der Waals surface area contributed by atoms with Gasteiger partial charge in [-0.25, -0.2) is 0 Å². The van der Waals surface area contributed by atoms with Crippen LogP contribution in [0.1, 0.15) is 36.0 Å². The van der Waals surface area contributed by atoms with Crippen LogP contribution in [0.4, 0.5) is 5.82 Å². The Bertz CT molecular complexity index is 699. The van der Waals surface area contributed by atoms with Crippen LogP contribution in [0.3, 0.4) is 0 Å². The molecular weight excluding hydrogens is 302 g/mol. The van der Waals surface area contributed by atoms with Crippen LogP contribution in [0, 0.1) is 3.95 Å². The fraction of sp³-hybridized carbons (Fsp3) is 0.333. The van der Waals surface area contributed by atoms with Crippen molar-refractivity contribution in [3.8, 4) is 5.69 Å². The molecule has 0 atom stereocenters. The fourth-order valence-electron chi connectivity index (χ4n) is 2.00. The summed E-state index contributed by atoms with van der Waals surface area (Å²) in [5.41, 5.74) is 8.26. The number of carbonyl (C=O) groups excluding carboxylic acids is 1. The van der Waals surface area contributed by atoms with Gasteiger partial charge in [0.2, 0.25) is 0 Å². The molecule has 1 aromatic carbocycles. The van der Waals surface area contributed by atoms with Crippen molar-refractivity contribution in [2.24, 2.45) is 0 Å². The van der Waals surface area contributed by atoms with Crippen molar-refractivity contribution in [2.45, 2.75) is 33.2 Å². The van der Waals surface area contributed by atoms with Crippen LogP contribution < -0.4 is 11.1 Å². The van der Waals surface area contributed by atoms with Crippen molar-refractivity contribution in [3.63, 3.8) is 0 Å². The van der Waals surface area contributed by atoms with Gasteiger partial charge in [0, 0.05) is 11.7 Å². The number of thiazole rings is 1. The number of anilines is 1. The van der Waals surface area contributed by atoms with Gasteiger partial charge in [-0.05, 0) is 50.2 Å². The van der Waals surface area contributed by atoms with E-state index in [0.717, 1.165) is 12.1 Å². The number of carbonyl (C=O) groups is 1. The first-order chi connectivity index (χ1) is 9.93. The van der Waals surface area contributed by atoms with Gasteiger partial charge in [0.1, 0.15) is 10.7 Å². The quantitative estimate of drug-likeness (QED) is 0.847. The lowest BCUT2D eigenvalue weighted by atomic mass is 10.1. The van der Waals surface area contributed by atoms with Crippen molar-refractivity contribution in [1.82, 2.24) is 9.88 Å². The first-order valence-corrected chi connectivity index (χ1v) is 8.08. The highest BCUT2D eigenvalue weighted by molar-refractivity contribution is 7.73. The largest absolute Gasteiger partial charge is 0.383 e. The number of hydrogen-bond acceptors (Lipinski definition) is 4. The Labute approximate surface area is 133 Å². The molecule has 2 rings (SSSR count). The number of nitrogen functional groups attached to an aromatic ring is 1. The number of benzene rings is 1. The molecule has 0 aliphatic rings. The van der Waals surface area contributed by atoms with Crippen LogP contribution in [0.25, 0.3) is 5.69 Å². The molecule has 1 amide bonds. The van der Waals surface area contributed by atoms with Crippen LogP contribution in [0.15, 0.2) is 24.3 Å². The van der Waals surface area contributed by atoms with Crippen LogP contribution in [0.5, 0.6) is 0 Å². The zero-order chi connectivity index (χ0) is 15.6. The molecular formula is C15H19N3OS2. The lowest BCUT2D eigenvalue weighted by Crippen LogP contribution is -2.30. The summed E-state index contributed by atoms with van der Waals surface area (Å²) in [4.78, 5) is 12.6. The summed E-state index contributed by atoms with van der Waals surface area (Å²) in [6.45, 7) is 5.93. The van der Waals surface area contributed by atoms with Crippen molar-refractivity contribution in [3.05, 3.63) is 38.7 Å². The summed E-state index contributed by atoms with van der Waals surface area (Å²) in [6.07, 6.45) is 0.979. The van der Waals surface area contributed by atoms with E-state index in [1.165, 1.54) is 16.9 Å². The van der Waals surface area contributed by atoms with Crippen molar-refractivity contribution in [2.75, 3.05) is 5.73 Å². The van der Waals surface area contributed by atoms with Gasteiger partial charge in [-0.1, -0.05) is 30.4 Å². The van der Waals surface area contributed by atoms with Crippen LogP contribution in [-0.2, 0) is 6.42 Å². The normalized spacial score (nSPS) is 10.9. The van der Waals surface area contributed by atoms with Gasteiger partial charge in [0.15, 0.2) is 3.95 Å². The molecule has 0 unspecified atom stereocenters. The highest BCUT2D eigenvalue weighted by Crippen LogP contribution is 2.26. The number of nitrogens with two attached hydrogens (primary N) is 1. The molecule has 0 bridgehead atoms. The standard InChI is InChI=1S/C15H19N3OS2/c1-4-10-5-7-11(8-6-10)18-13(16)12(21-15(18)20)14(19)17-9(2)3/h5-9H,4,16H2,1-3H3,(H,17,19). The molecule has 1 heterocycles. The number of nitrogens with zero attached hydrogens (tertiary/aromatic N) is 1. The topological polar surface area (TPSA) is 60.0 Å². The Hall–Kier alpha value is -1.66. The SMILES string of the molecule is CCc1ccc(-n2c(N)c(C(=O)NC(C)C)sc2=S)cc1. The second-order valence-electron chi connectivity index (χ2n) is 5.07. The second kappa shape index (κ2) is 6.41. The minimum atomic E-state index is -0.178. The van der Waals surface area contributed by atoms with Crippen LogP contribution in [-0.4, -0.2) is 16.5 Å². The summed E-state index contributed by atoms with van der Waals surface area (Å²) in [7, 11) is 0. The molecule has 0 saturated carbocycles. The number of aryl methyl sites for hydroxylation is 1. The van der Waals surface area contributed by atoms with Gasteiger partial charge in [0.05, 0.1) is 0 Å². The fourth-order valence-corrected chi connectivity index (χ4v) is 3.27. The van der Waals surface area contributed by atoms with E-state index in [1.807, 2.05) is 38.1 Å². The smallest absolute Gasteiger partial charge is 0.265 e. The Balaban J connectivity index is 2.43. The minimum absolute atomic E-state index is 0.0601. The van der Waals surface area contributed by atoms with E-state index in [0.29, 0.717) is 14.6 Å². The number of amides is 1. The lowest BCUT2D eigenvalue weighted by Gasteiger charge is -2.09. The van der Waals surface area contributed by atoms with E-state index in [9.17, 15) is 4.79 Å².